The minimum Gasteiger partial charge on any atom is -0.481 e. The number of carbonyl (C=O) groups excluding carboxylic acids is 1. The summed E-state index contributed by atoms with van der Waals surface area (Å²) in [5.74, 6) is -3.25. The first-order valence-corrected chi connectivity index (χ1v) is 7.21. The molecule has 0 aliphatic carbocycles. The van der Waals surface area contributed by atoms with Crippen LogP contribution in [0.2, 0.25) is 0 Å². The van der Waals surface area contributed by atoms with Crippen LogP contribution in [0.5, 0.6) is 0 Å². The van der Waals surface area contributed by atoms with E-state index in [9.17, 15) is 9.59 Å². The van der Waals surface area contributed by atoms with Gasteiger partial charge in [0.25, 0.3) is 5.79 Å². The predicted octanol–water partition coefficient (Wildman–Crippen LogP) is 2.57. The standard InChI is InChI=1S/C18H18O6/c1-22-18(24-23-2,15-9-4-3-5-10-15)17(21)14-8-6-7-13(11-14)12-16(19)20/h3-11H,12H2,1-2H3,(H,19,20). The van der Waals surface area contributed by atoms with E-state index in [1.807, 2.05) is 0 Å². The molecule has 2 rings (SSSR count). The molecular weight excluding hydrogens is 312 g/mol. The number of benzene rings is 2. The van der Waals surface area contributed by atoms with Gasteiger partial charge in [0.2, 0.25) is 5.78 Å². The van der Waals surface area contributed by atoms with Crippen LogP contribution in [0.1, 0.15) is 21.5 Å². The lowest BCUT2D eigenvalue weighted by molar-refractivity contribution is -0.397. The van der Waals surface area contributed by atoms with E-state index in [0.29, 0.717) is 11.1 Å². The first-order chi connectivity index (χ1) is 11.5. The smallest absolute Gasteiger partial charge is 0.307 e. The maximum atomic E-state index is 13.0. The zero-order chi connectivity index (χ0) is 17.6. The first kappa shape index (κ1) is 17.8. The van der Waals surface area contributed by atoms with Crippen LogP contribution >= 0.6 is 0 Å². The molecule has 126 valence electrons. The van der Waals surface area contributed by atoms with Gasteiger partial charge in [-0.25, -0.2) is 4.89 Å². The van der Waals surface area contributed by atoms with Gasteiger partial charge in [0.15, 0.2) is 0 Å². The van der Waals surface area contributed by atoms with Crippen molar-refractivity contribution >= 4 is 11.8 Å². The van der Waals surface area contributed by atoms with Gasteiger partial charge in [-0.05, 0) is 11.6 Å². The largest absolute Gasteiger partial charge is 0.481 e. The highest BCUT2D eigenvalue weighted by atomic mass is 17.2. The molecule has 2 aromatic rings. The minimum atomic E-state index is -1.78. The molecule has 0 bridgehead atoms. The van der Waals surface area contributed by atoms with Gasteiger partial charge in [-0.2, -0.15) is 4.89 Å². The van der Waals surface area contributed by atoms with Gasteiger partial charge < -0.3 is 9.84 Å². The van der Waals surface area contributed by atoms with Crippen molar-refractivity contribution in [1.82, 2.24) is 0 Å². The highest BCUT2D eigenvalue weighted by Gasteiger charge is 2.44. The predicted molar refractivity (Wildman–Crippen MR) is 85.3 cm³/mol. The number of methoxy groups -OCH3 is 1. The summed E-state index contributed by atoms with van der Waals surface area (Å²) in [6.07, 6.45) is -0.183. The molecule has 0 radical (unpaired) electrons. The molecule has 0 aliphatic rings. The van der Waals surface area contributed by atoms with E-state index < -0.39 is 17.5 Å². The maximum absolute atomic E-state index is 13.0. The second kappa shape index (κ2) is 7.83. The normalized spacial score (nSPS) is 13.2. The van der Waals surface area contributed by atoms with E-state index in [1.54, 1.807) is 48.5 Å². The fraction of sp³-hybridized carbons (Fsp3) is 0.222. The maximum Gasteiger partial charge on any atom is 0.307 e. The van der Waals surface area contributed by atoms with Crippen molar-refractivity contribution in [2.24, 2.45) is 0 Å². The molecule has 24 heavy (non-hydrogen) atoms. The Hall–Kier alpha value is -2.54. The summed E-state index contributed by atoms with van der Waals surface area (Å²) in [5.41, 5.74) is 1.23. The third-order valence-electron chi connectivity index (χ3n) is 3.49. The van der Waals surface area contributed by atoms with E-state index in [4.69, 9.17) is 19.6 Å². The number of ether oxygens (including phenoxy) is 1. The average Bonchev–Trinajstić information content (AvgIpc) is 2.59. The summed E-state index contributed by atoms with van der Waals surface area (Å²) in [6, 6.07) is 15.0. The zero-order valence-corrected chi connectivity index (χ0v) is 13.4. The van der Waals surface area contributed by atoms with E-state index >= 15 is 0 Å². The van der Waals surface area contributed by atoms with Gasteiger partial charge in [-0.3, -0.25) is 9.59 Å². The fourth-order valence-corrected chi connectivity index (χ4v) is 2.42. The van der Waals surface area contributed by atoms with Crippen LogP contribution in [-0.2, 0) is 31.5 Å². The number of ketones is 1. The number of rotatable bonds is 8. The number of Topliss-reactive ketones (excluding diaryl/α,β-unsaturated/α-hetero) is 1. The lowest BCUT2D eigenvalue weighted by atomic mass is 9.94. The summed E-state index contributed by atoms with van der Waals surface area (Å²) < 4.78 is 5.39. The van der Waals surface area contributed by atoms with Crippen LogP contribution in [0.3, 0.4) is 0 Å². The number of hydrogen-bond donors (Lipinski definition) is 1. The lowest BCUT2D eigenvalue weighted by Crippen LogP contribution is -2.40. The van der Waals surface area contributed by atoms with Crippen molar-refractivity contribution in [3.63, 3.8) is 0 Å². The summed E-state index contributed by atoms with van der Waals surface area (Å²) in [4.78, 5) is 33.9. The quantitative estimate of drug-likeness (QED) is 0.347. The highest BCUT2D eigenvalue weighted by molar-refractivity contribution is 6.02. The van der Waals surface area contributed by atoms with Gasteiger partial charge in [0.1, 0.15) is 0 Å². The van der Waals surface area contributed by atoms with Gasteiger partial charge in [0, 0.05) is 18.2 Å². The molecule has 1 unspecified atom stereocenters. The third-order valence-corrected chi connectivity index (χ3v) is 3.49. The van der Waals surface area contributed by atoms with Crippen LogP contribution < -0.4 is 0 Å². The number of carboxylic acids is 1. The van der Waals surface area contributed by atoms with Crippen molar-refractivity contribution in [1.29, 1.82) is 0 Å². The van der Waals surface area contributed by atoms with Crippen molar-refractivity contribution in [3.05, 3.63) is 71.3 Å². The molecule has 0 saturated heterocycles. The summed E-state index contributed by atoms with van der Waals surface area (Å²) in [7, 11) is 2.62. The van der Waals surface area contributed by atoms with E-state index in [0.717, 1.165) is 0 Å². The van der Waals surface area contributed by atoms with E-state index in [-0.39, 0.29) is 12.0 Å². The van der Waals surface area contributed by atoms with Crippen LogP contribution in [-0.4, -0.2) is 31.1 Å². The van der Waals surface area contributed by atoms with Crippen molar-refractivity contribution < 1.29 is 29.2 Å². The molecule has 0 fully saturated rings. The molecule has 1 N–H and O–H groups in total. The van der Waals surface area contributed by atoms with Crippen molar-refractivity contribution in [3.8, 4) is 0 Å². The molecule has 0 spiro atoms. The SMILES string of the molecule is COOC(OC)(C(=O)c1cccc(CC(=O)O)c1)c1ccccc1. The third kappa shape index (κ3) is 3.68. The van der Waals surface area contributed by atoms with Crippen LogP contribution in [0.4, 0.5) is 0 Å². The Balaban J connectivity index is 2.47. The van der Waals surface area contributed by atoms with Crippen molar-refractivity contribution in [2.45, 2.75) is 12.2 Å². The van der Waals surface area contributed by atoms with E-state index in [2.05, 4.69) is 0 Å². The number of carboxylic acid groups (broad SMARTS) is 1. The minimum absolute atomic E-state index is 0.183. The monoisotopic (exact) mass is 330 g/mol. The number of carbonyl (C=O) groups is 2. The zero-order valence-electron chi connectivity index (χ0n) is 13.4. The number of hydrogen-bond acceptors (Lipinski definition) is 5. The van der Waals surface area contributed by atoms with Crippen LogP contribution in [0, 0.1) is 0 Å². The molecule has 2 aromatic carbocycles. The highest BCUT2D eigenvalue weighted by Crippen LogP contribution is 2.31. The Morgan fingerprint density at radius 3 is 2.33 bits per heavy atom. The molecule has 0 aromatic heterocycles. The van der Waals surface area contributed by atoms with Crippen LogP contribution in [0.25, 0.3) is 0 Å². The Labute approximate surface area is 139 Å². The molecule has 0 amide bonds. The molecule has 0 heterocycles. The first-order valence-electron chi connectivity index (χ1n) is 7.21. The summed E-state index contributed by atoms with van der Waals surface area (Å²) >= 11 is 0. The average molecular weight is 330 g/mol. The molecule has 6 heteroatoms. The van der Waals surface area contributed by atoms with Gasteiger partial charge in [-0.15, -0.1) is 0 Å². The molecule has 1 atom stereocenters. The molecule has 0 saturated carbocycles. The van der Waals surface area contributed by atoms with E-state index in [1.165, 1.54) is 20.3 Å². The van der Waals surface area contributed by atoms with Gasteiger partial charge in [0.05, 0.1) is 13.5 Å². The summed E-state index contributed by atoms with van der Waals surface area (Å²) in [5, 5.41) is 8.91. The Morgan fingerprint density at radius 1 is 1.04 bits per heavy atom. The van der Waals surface area contributed by atoms with Crippen LogP contribution in [0.15, 0.2) is 54.6 Å². The topological polar surface area (TPSA) is 82.1 Å². The number of aliphatic carboxylic acids is 1. The second-order valence-electron chi connectivity index (χ2n) is 5.04. The lowest BCUT2D eigenvalue weighted by Gasteiger charge is -2.29. The van der Waals surface area contributed by atoms with Crippen molar-refractivity contribution in [2.75, 3.05) is 14.2 Å². The van der Waals surface area contributed by atoms with Gasteiger partial charge >= 0.3 is 5.97 Å². The second-order valence-corrected chi connectivity index (χ2v) is 5.04. The fourth-order valence-electron chi connectivity index (χ4n) is 2.42. The summed E-state index contributed by atoms with van der Waals surface area (Å²) in [6.45, 7) is 0. The van der Waals surface area contributed by atoms with Gasteiger partial charge in [-0.1, -0.05) is 48.5 Å². The Morgan fingerprint density at radius 2 is 1.75 bits per heavy atom. The Bertz CT molecular complexity index is 712. The molecule has 6 nitrogen and oxygen atoms in total. The molecular formula is C18H18O6. The molecule has 0 aliphatic heterocycles. The Kier molecular flexibility index (Phi) is 5.81.